The molecule has 21 heavy (non-hydrogen) atoms. The van der Waals surface area contributed by atoms with Gasteiger partial charge in [-0.2, -0.15) is 0 Å². The van der Waals surface area contributed by atoms with E-state index in [9.17, 15) is 4.79 Å². The summed E-state index contributed by atoms with van der Waals surface area (Å²) in [4.78, 5) is 14.0. The fourth-order valence-corrected chi connectivity index (χ4v) is 2.71. The summed E-state index contributed by atoms with van der Waals surface area (Å²) in [6.45, 7) is 11.8. The molecule has 1 amide bonds. The molecule has 1 N–H and O–H groups in total. The van der Waals surface area contributed by atoms with Gasteiger partial charge in [-0.3, -0.25) is 0 Å². The van der Waals surface area contributed by atoms with E-state index in [0.717, 1.165) is 32.6 Å². The van der Waals surface area contributed by atoms with Crippen molar-refractivity contribution in [2.45, 2.75) is 71.8 Å². The van der Waals surface area contributed by atoms with Crippen molar-refractivity contribution in [3.8, 4) is 0 Å². The minimum atomic E-state index is -0.401. The first kappa shape index (κ1) is 18.3. The summed E-state index contributed by atoms with van der Waals surface area (Å²) in [7, 11) is 0. The molecule has 1 aliphatic rings. The van der Waals surface area contributed by atoms with E-state index in [4.69, 9.17) is 4.74 Å². The SMILES string of the molecule is CCCCCCNCC1CCCN(C(=O)OC(C)(C)C)C1. The van der Waals surface area contributed by atoms with Crippen LogP contribution in [-0.2, 0) is 4.74 Å². The number of ether oxygens (including phenoxy) is 1. The quantitative estimate of drug-likeness (QED) is 0.727. The number of hydrogen-bond donors (Lipinski definition) is 1. The number of likely N-dealkylation sites (tertiary alicyclic amines) is 1. The smallest absolute Gasteiger partial charge is 0.410 e. The predicted molar refractivity (Wildman–Crippen MR) is 87.5 cm³/mol. The fourth-order valence-electron chi connectivity index (χ4n) is 2.71. The number of carbonyl (C=O) groups excluding carboxylic acids is 1. The van der Waals surface area contributed by atoms with Crippen LogP contribution in [0.2, 0.25) is 0 Å². The van der Waals surface area contributed by atoms with Crippen LogP contribution in [0.1, 0.15) is 66.2 Å². The zero-order chi connectivity index (χ0) is 15.7. The molecule has 0 aliphatic carbocycles. The minimum absolute atomic E-state index is 0.157. The van der Waals surface area contributed by atoms with Crippen molar-refractivity contribution >= 4 is 6.09 Å². The molecule has 124 valence electrons. The van der Waals surface area contributed by atoms with Crippen LogP contribution in [0.25, 0.3) is 0 Å². The van der Waals surface area contributed by atoms with Gasteiger partial charge in [0.15, 0.2) is 0 Å². The van der Waals surface area contributed by atoms with E-state index in [2.05, 4.69) is 12.2 Å². The third kappa shape index (κ3) is 8.30. The van der Waals surface area contributed by atoms with Gasteiger partial charge in [0.2, 0.25) is 0 Å². The molecular weight excluding hydrogens is 264 g/mol. The molecule has 1 aliphatic heterocycles. The molecule has 0 radical (unpaired) electrons. The van der Waals surface area contributed by atoms with Gasteiger partial charge in [-0.15, -0.1) is 0 Å². The molecular formula is C17H34N2O2. The summed E-state index contributed by atoms with van der Waals surface area (Å²) in [5.74, 6) is 0.567. The van der Waals surface area contributed by atoms with Crippen LogP contribution in [0, 0.1) is 5.92 Å². The van der Waals surface area contributed by atoms with Crippen molar-refractivity contribution in [3.05, 3.63) is 0 Å². The maximum absolute atomic E-state index is 12.1. The van der Waals surface area contributed by atoms with Crippen LogP contribution in [0.4, 0.5) is 4.79 Å². The fraction of sp³-hybridized carbons (Fsp3) is 0.941. The maximum atomic E-state index is 12.1. The molecule has 0 aromatic heterocycles. The van der Waals surface area contributed by atoms with E-state index in [1.165, 1.54) is 32.1 Å². The molecule has 1 saturated heterocycles. The van der Waals surface area contributed by atoms with Crippen molar-refractivity contribution in [3.63, 3.8) is 0 Å². The van der Waals surface area contributed by atoms with Crippen molar-refractivity contribution in [1.82, 2.24) is 10.2 Å². The lowest BCUT2D eigenvalue weighted by molar-refractivity contribution is 0.0166. The third-order valence-corrected chi connectivity index (χ3v) is 3.81. The highest BCUT2D eigenvalue weighted by Crippen LogP contribution is 2.18. The average molecular weight is 298 g/mol. The van der Waals surface area contributed by atoms with Gasteiger partial charge in [0.25, 0.3) is 0 Å². The number of carbonyl (C=O) groups is 1. The first-order valence-electron chi connectivity index (χ1n) is 8.61. The Morgan fingerprint density at radius 1 is 1.29 bits per heavy atom. The van der Waals surface area contributed by atoms with Crippen LogP contribution < -0.4 is 5.32 Å². The molecule has 1 heterocycles. The lowest BCUT2D eigenvalue weighted by Gasteiger charge is -2.34. The average Bonchev–Trinajstić information content (AvgIpc) is 2.41. The van der Waals surface area contributed by atoms with E-state index in [1.807, 2.05) is 25.7 Å². The van der Waals surface area contributed by atoms with Crippen LogP contribution in [-0.4, -0.2) is 42.8 Å². The van der Waals surface area contributed by atoms with E-state index in [-0.39, 0.29) is 6.09 Å². The third-order valence-electron chi connectivity index (χ3n) is 3.81. The minimum Gasteiger partial charge on any atom is -0.444 e. The summed E-state index contributed by atoms with van der Waals surface area (Å²) in [5, 5.41) is 3.54. The molecule has 0 aromatic carbocycles. The van der Waals surface area contributed by atoms with Crippen molar-refractivity contribution < 1.29 is 9.53 Å². The highest BCUT2D eigenvalue weighted by molar-refractivity contribution is 5.68. The van der Waals surface area contributed by atoms with Crippen molar-refractivity contribution in [1.29, 1.82) is 0 Å². The Morgan fingerprint density at radius 3 is 2.71 bits per heavy atom. The van der Waals surface area contributed by atoms with Gasteiger partial charge in [0.1, 0.15) is 5.60 Å². The molecule has 0 spiro atoms. The van der Waals surface area contributed by atoms with Crippen LogP contribution in [0.5, 0.6) is 0 Å². The Hall–Kier alpha value is -0.770. The number of unbranched alkanes of at least 4 members (excludes halogenated alkanes) is 3. The molecule has 4 heteroatoms. The lowest BCUT2D eigenvalue weighted by atomic mass is 9.98. The lowest BCUT2D eigenvalue weighted by Crippen LogP contribution is -2.45. The molecule has 1 unspecified atom stereocenters. The molecule has 4 nitrogen and oxygen atoms in total. The second-order valence-electron chi connectivity index (χ2n) is 7.20. The van der Waals surface area contributed by atoms with Crippen LogP contribution >= 0.6 is 0 Å². The normalized spacial score (nSPS) is 19.6. The number of nitrogens with one attached hydrogen (secondary N) is 1. The highest BCUT2D eigenvalue weighted by atomic mass is 16.6. The first-order valence-corrected chi connectivity index (χ1v) is 8.61. The number of amides is 1. The molecule has 0 saturated carbocycles. The van der Waals surface area contributed by atoms with Gasteiger partial charge in [0, 0.05) is 13.1 Å². The zero-order valence-electron chi connectivity index (χ0n) is 14.4. The van der Waals surface area contributed by atoms with E-state index in [1.54, 1.807) is 0 Å². The van der Waals surface area contributed by atoms with E-state index >= 15 is 0 Å². The molecule has 1 rings (SSSR count). The molecule has 1 fully saturated rings. The summed E-state index contributed by atoms with van der Waals surface area (Å²) in [6, 6.07) is 0. The van der Waals surface area contributed by atoms with Gasteiger partial charge in [-0.05, 0) is 59.0 Å². The summed E-state index contributed by atoms with van der Waals surface area (Å²) >= 11 is 0. The Labute approximate surface area is 130 Å². The number of piperidine rings is 1. The van der Waals surface area contributed by atoms with Gasteiger partial charge in [0.05, 0.1) is 0 Å². The van der Waals surface area contributed by atoms with Gasteiger partial charge in [-0.1, -0.05) is 26.2 Å². The highest BCUT2D eigenvalue weighted by Gasteiger charge is 2.27. The summed E-state index contributed by atoms with van der Waals surface area (Å²) in [5.41, 5.74) is -0.401. The largest absolute Gasteiger partial charge is 0.444 e. The van der Waals surface area contributed by atoms with Crippen LogP contribution in [0.3, 0.4) is 0 Å². The summed E-state index contributed by atoms with van der Waals surface area (Å²) in [6.07, 6.45) is 7.33. The molecule has 0 bridgehead atoms. The number of hydrogen-bond acceptors (Lipinski definition) is 3. The number of nitrogens with zero attached hydrogens (tertiary/aromatic N) is 1. The predicted octanol–water partition coefficient (Wildman–Crippen LogP) is 3.80. The monoisotopic (exact) mass is 298 g/mol. The summed E-state index contributed by atoms with van der Waals surface area (Å²) < 4.78 is 5.46. The Balaban J connectivity index is 2.21. The van der Waals surface area contributed by atoms with Gasteiger partial charge >= 0.3 is 6.09 Å². The first-order chi connectivity index (χ1) is 9.92. The maximum Gasteiger partial charge on any atom is 0.410 e. The van der Waals surface area contributed by atoms with E-state index < -0.39 is 5.60 Å². The van der Waals surface area contributed by atoms with Gasteiger partial charge < -0.3 is 15.0 Å². The second kappa shape index (κ2) is 9.29. The number of rotatable bonds is 7. The van der Waals surface area contributed by atoms with Crippen LogP contribution in [0.15, 0.2) is 0 Å². The van der Waals surface area contributed by atoms with Gasteiger partial charge in [-0.25, -0.2) is 4.79 Å². The zero-order valence-corrected chi connectivity index (χ0v) is 14.4. The van der Waals surface area contributed by atoms with E-state index in [0.29, 0.717) is 5.92 Å². The Morgan fingerprint density at radius 2 is 2.05 bits per heavy atom. The Bertz CT molecular complexity index is 300. The standard InChI is InChI=1S/C17H34N2O2/c1-5-6-7-8-11-18-13-15-10-9-12-19(14-15)16(20)21-17(2,3)4/h15,18H,5-14H2,1-4H3. The van der Waals surface area contributed by atoms with Crippen molar-refractivity contribution in [2.24, 2.45) is 5.92 Å². The molecule has 1 atom stereocenters. The van der Waals surface area contributed by atoms with Crippen molar-refractivity contribution in [2.75, 3.05) is 26.2 Å². The Kier molecular flexibility index (Phi) is 8.09. The second-order valence-corrected chi connectivity index (χ2v) is 7.20. The molecule has 0 aromatic rings. The topological polar surface area (TPSA) is 41.6 Å².